The third-order valence-corrected chi connectivity index (χ3v) is 2.90. The van der Waals surface area contributed by atoms with E-state index < -0.39 is 0 Å². The zero-order valence-corrected chi connectivity index (χ0v) is 13.1. The zero-order chi connectivity index (χ0) is 15.9. The predicted molar refractivity (Wildman–Crippen MR) is 87.8 cm³/mol. The number of rotatable bonds is 6. The lowest BCUT2D eigenvalue weighted by atomic mass is 10.2. The van der Waals surface area contributed by atoms with E-state index >= 15 is 0 Å². The van der Waals surface area contributed by atoms with Crippen molar-refractivity contribution < 1.29 is 14.3 Å². The third kappa shape index (κ3) is 4.25. The van der Waals surface area contributed by atoms with Crippen molar-refractivity contribution >= 4 is 11.6 Å². The molecule has 1 amide bonds. The molecule has 0 saturated heterocycles. The van der Waals surface area contributed by atoms with Crippen LogP contribution in [0.5, 0.6) is 11.5 Å². The molecule has 0 aliphatic carbocycles. The van der Waals surface area contributed by atoms with Crippen LogP contribution in [0.4, 0.5) is 5.69 Å². The molecule has 0 fully saturated rings. The molecule has 0 heterocycles. The number of nitrogens with one attached hydrogen (secondary N) is 1. The van der Waals surface area contributed by atoms with Gasteiger partial charge in [0, 0.05) is 5.56 Å². The standard InChI is InChI=1S/C18H21NO3/c1-4-21-17-11-6-5-10-16(17)19-18(20)14-8-7-9-15(12-14)22-13(2)3/h5-13H,4H2,1-3H3,(H,19,20). The summed E-state index contributed by atoms with van der Waals surface area (Å²) in [7, 11) is 0. The SMILES string of the molecule is CCOc1ccccc1NC(=O)c1cccc(OC(C)C)c1. The summed E-state index contributed by atoms with van der Waals surface area (Å²) in [6.07, 6.45) is 0.0667. The van der Waals surface area contributed by atoms with E-state index in [-0.39, 0.29) is 12.0 Å². The Labute approximate surface area is 131 Å². The van der Waals surface area contributed by atoms with Gasteiger partial charge in [-0.1, -0.05) is 18.2 Å². The molecule has 22 heavy (non-hydrogen) atoms. The van der Waals surface area contributed by atoms with E-state index in [2.05, 4.69) is 5.32 Å². The molecule has 0 aliphatic heterocycles. The van der Waals surface area contributed by atoms with Crippen molar-refractivity contribution in [3.8, 4) is 11.5 Å². The van der Waals surface area contributed by atoms with Gasteiger partial charge in [0.25, 0.3) is 5.91 Å². The Hall–Kier alpha value is -2.49. The van der Waals surface area contributed by atoms with E-state index in [1.54, 1.807) is 18.2 Å². The number of amides is 1. The summed E-state index contributed by atoms with van der Waals surface area (Å²) in [6.45, 7) is 6.35. The second kappa shape index (κ2) is 7.50. The Morgan fingerprint density at radius 3 is 2.64 bits per heavy atom. The number of carbonyl (C=O) groups is 1. The van der Waals surface area contributed by atoms with Gasteiger partial charge in [0.15, 0.2) is 0 Å². The highest BCUT2D eigenvalue weighted by atomic mass is 16.5. The van der Waals surface area contributed by atoms with Crippen LogP contribution in [0, 0.1) is 0 Å². The minimum atomic E-state index is -0.193. The van der Waals surface area contributed by atoms with Gasteiger partial charge in [0.1, 0.15) is 11.5 Å². The van der Waals surface area contributed by atoms with Crippen molar-refractivity contribution in [1.82, 2.24) is 0 Å². The van der Waals surface area contributed by atoms with Crippen molar-refractivity contribution in [3.05, 3.63) is 54.1 Å². The van der Waals surface area contributed by atoms with Crippen LogP contribution in [-0.4, -0.2) is 18.6 Å². The summed E-state index contributed by atoms with van der Waals surface area (Å²) >= 11 is 0. The first-order valence-corrected chi connectivity index (χ1v) is 7.40. The van der Waals surface area contributed by atoms with Crippen LogP contribution in [-0.2, 0) is 0 Å². The van der Waals surface area contributed by atoms with Crippen molar-refractivity contribution in [2.45, 2.75) is 26.9 Å². The number of anilines is 1. The largest absolute Gasteiger partial charge is 0.492 e. The monoisotopic (exact) mass is 299 g/mol. The van der Waals surface area contributed by atoms with E-state index in [9.17, 15) is 4.79 Å². The Morgan fingerprint density at radius 1 is 1.14 bits per heavy atom. The van der Waals surface area contributed by atoms with Gasteiger partial charge in [-0.05, 0) is 51.1 Å². The first-order chi connectivity index (χ1) is 10.6. The fourth-order valence-corrected chi connectivity index (χ4v) is 2.03. The molecule has 4 nitrogen and oxygen atoms in total. The van der Waals surface area contributed by atoms with Gasteiger partial charge in [-0.15, -0.1) is 0 Å². The maximum atomic E-state index is 12.4. The van der Waals surface area contributed by atoms with Crippen LogP contribution in [0.25, 0.3) is 0 Å². The average molecular weight is 299 g/mol. The van der Waals surface area contributed by atoms with Crippen LogP contribution in [0.2, 0.25) is 0 Å². The summed E-state index contributed by atoms with van der Waals surface area (Å²) in [4.78, 5) is 12.4. The first-order valence-electron chi connectivity index (χ1n) is 7.40. The molecule has 0 radical (unpaired) electrons. The fraction of sp³-hybridized carbons (Fsp3) is 0.278. The normalized spacial score (nSPS) is 10.4. The molecule has 2 rings (SSSR count). The molecule has 0 spiro atoms. The molecule has 4 heteroatoms. The molecular formula is C18H21NO3. The van der Waals surface area contributed by atoms with Crippen LogP contribution in [0.1, 0.15) is 31.1 Å². The molecule has 116 valence electrons. The van der Waals surface area contributed by atoms with Crippen molar-refractivity contribution in [2.75, 3.05) is 11.9 Å². The van der Waals surface area contributed by atoms with Gasteiger partial charge in [-0.25, -0.2) is 0 Å². The summed E-state index contributed by atoms with van der Waals surface area (Å²) in [5.74, 6) is 1.15. The number of benzene rings is 2. The maximum absolute atomic E-state index is 12.4. The number of para-hydroxylation sites is 2. The van der Waals surface area contributed by atoms with E-state index in [0.717, 1.165) is 0 Å². The summed E-state index contributed by atoms with van der Waals surface area (Å²) in [6, 6.07) is 14.5. The topological polar surface area (TPSA) is 47.6 Å². The molecule has 1 N–H and O–H groups in total. The van der Waals surface area contributed by atoms with Crippen LogP contribution < -0.4 is 14.8 Å². The van der Waals surface area contributed by atoms with E-state index in [4.69, 9.17) is 9.47 Å². The van der Waals surface area contributed by atoms with Crippen molar-refractivity contribution in [1.29, 1.82) is 0 Å². The van der Waals surface area contributed by atoms with Crippen molar-refractivity contribution in [3.63, 3.8) is 0 Å². The molecule has 0 bridgehead atoms. The minimum absolute atomic E-state index is 0.0667. The average Bonchev–Trinajstić information content (AvgIpc) is 2.49. The van der Waals surface area contributed by atoms with Gasteiger partial charge in [-0.2, -0.15) is 0 Å². The fourth-order valence-electron chi connectivity index (χ4n) is 2.03. The lowest BCUT2D eigenvalue weighted by Crippen LogP contribution is -2.13. The predicted octanol–water partition coefficient (Wildman–Crippen LogP) is 4.12. The molecule has 0 saturated carbocycles. The Bertz CT molecular complexity index is 638. The highest BCUT2D eigenvalue weighted by Gasteiger charge is 2.10. The number of ether oxygens (including phenoxy) is 2. The van der Waals surface area contributed by atoms with E-state index in [0.29, 0.717) is 29.4 Å². The lowest BCUT2D eigenvalue weighted by molar-refractivity contribution is 0.102. The van der Waals surface area contributed by atoms with Crippen LogP contribution >= 0.6 is 0 Å². The zero-order valence-electron chi connectivity index (χ0n) is 13.1. The first kappa shape index (κ1) is 15.9. The number of hydrogen-bond acceptors (Lipinski definition) is 3. The van der Waals surface area contributed by atoms with Gasteiger partial charge < -0.3 is 14.8 Å². The van der Waals surface area contributed by atoms with Gasteiger partial charge in [0.05, 0.1) is 18.4 Å². The Morgan fingerprint density at radius 2 is 1.91 bits per heavy atom. The van der Waals surface area contributed by atoms with E-state index in [1.807, 2.05) is 51.1 Å². The number of hydrogen-bond donors (Lipinski definition) is 1. The maximum Gasteiger partial charge on any atom is 0.255 e. The second-order valence-electron chi connectivity index (χ2n) is 5.08. The molecule has 2 aromatic rings. The van der Waals surface area contributed by atoms with Crippen LogP contribution in [0.15, 0.2) is 48.5 Å². The molecule has 2 aromatic carbocycles. The summed E-state index contributed by atoms with van der Waals surface area (Å²) in [5.41, 5.74) is 1.20. The van der Waals surface area contributed by atoms with Gasteiger partial charge >= 0.3 is 0 Å². The molecular weight excluding hydrogens is 278 g/mol. The van der Waals surface area contributed by atoms with Crippen LogP contribution in [0.3, 0.4) is 0 Å². The molecule has 0 atom stereocenters. The second-order valence-corrected chi connectivity index (χ2v) is 5.08. The Balaban J connectivity index is 2.15. The van der Waals surface area contributed by atoms with Gasteiger partial charge in [0.2, 0.25) is 0 Å². The molecule has 0 unspecified atom stereocenters. The van der Waals surface area contributed by atoms with Crippen molar-refractivity contribution in [2.24, 2.45) is 0 Å². The Kier molecular flexibility index (Phi) is 5.42. The minimum Gasteiger partial charge on any atom is -0.492 e. The molecule has 0 aliphatic rings. The highest BCUT2D eigenvalue weighted by molar-refractivity contribution is 6.05. The third-order valence-electron chi connectivity index (χ3n) is 2.90. The number of carbonyl (C=O) groups excluding carboxylic acids is 1. The highest BCUT2D eigenvalue weighted by Crippen LogP contribution is 2.24. The molecule has 0 aromatic heterocycles. The summed E-state index contributed by atoms with van der Waals surface area (Å²) in [5, 5.41) is 2.87. The van der Waals surface area contributed by atoms with E-state index in [1.165, 1.54) is 0 Å². The summed E-state index contributed by atoms with van der Waals surface area (Å²) < 4.78 is 11.1. The lowest BCUT2D eigenvalue weighted by Gasteiger charge is -2.13. The smallest absolute Gasteiger partial charge is 0.255 e. The quantitative estimate of drug-likeness (QED) is 0.872. The van der Waals surface area contributed by atoms with Gasteiger partial charge in [-0.3, -0.25) is 4.79 Å².